The first kappa shape index (κ1) is 12.3. The van der Waals surface area contributed by atoms with E-state index in [9.17, 15) is 4.79 Å². The van der Waals surface area contributed by atoms with Gasteiger partial charge in [-0.15, -0.1) is 0 Å². The fourth-order valence-corrected chi connectivity index (χ4v) is 2.89. The van der Waals surface area contributed by atoms with Crippen LogP contribution in [0.3, 0.4) is 0 Å². The lowest BCUT2D eigenvalue weighted by Gasteiger charge is -2.25. The topological polar surface area (TPSA) is 38.7 Å². The Balaban J connectivity index is 2.56. The van der Waals surface area contributed by atoms with E-state index in [1.165, 1.54) is 0 Å². The van der Waals surface area contributed by atoms with Crippen molar-refractivity contribution in [2.75, 3.05) is 7.11 Å². The monoisotopic (exact) mass is 295 g/mol. The number of isocyanates is 1. The summed E-state index contributed by atoms with van der Waals surface area (Å²) in [7, 11) is 1.64. The van der Waals surface area contributed by atoms with Crippen LogP contribution in [0.4, 0.5) is 0 Å². The van der Waals surface area contributed by atoms with Crippen molar-refractivity contribution in [3.05, 3.63) is 28.2 Å². The van der Waals surface area contributed by atoms with Gasteiger partial charge in [-0.2, -0.15) is 4.99 Å². The summed E-state index contributed by atoms with van der Waals surface area (Å²) >= 11 is 3.45. The Morgan fingerprint density at radius 1 is 1.41 bits per heavy atom. The highest BCUT2D eigenvalue weighted by molar-refractivity contribution is 9.10. The zero-order chi connectivity index (χ0) is 12.3. The molecule has 1 aliphatic rings. The van der Waals surface area contributed by atoms with Crippen molar-refractivity contribution in [3.8, 4) is 5.75 Å². The predicted octanol–water partition coefficient (Wildman–Crippen LogP) is 3.56. The Kier molecular flexibility index (Phi) is 3.65. The average Bonchev–Trinajstić information content (AvgIpc) is 2.79. The van der Waals surface area contributed by atoms with Crippen LogP contribution in [-0.4, -0.2) is 13.2 Å². The Bertz CT molecular complexity index is 460. The summed E-state index contributed by atoms with van der Waals surface area (Å²) < 4.78 is 6.35. The second kappa shape index (κ2) is 5.03. The van der Waals surface area contributed by atoms with E-state index in [-0.39, 0.29) is 0 Å². The van der Waals surface area contributed by atoms with Crippen molar-refractivity contribution in [1.82, 2.24) is 0 Å². The summed E-state index contributed by atoms with van der Waals surface area (Å²) in [6, 6.07) is 5.82. The molecule has 3 nitrogen and oxygen atoms in total. The van der Waals surface area contributed by atoms with Gasteiger partial charge in [-0.1, -0.05) is 28.8 Å². The van der Waals surface area contributed by atoms with E-state index in [0.717, 1.165) is 41.5 Å². The van der Waals surface area contributed by atoms with Gasteiger partial charge in [0.25, 0.3) is 0 Å². The lowest BCUT2D eigenvalue weighted by atomic mass is 9.88. The number of hydrogen-bond acceptors (Lipinski definition) is 3. The van der Waals surface area contributed by atoms with E-state index in [2.05, 4.69) is 20.9 Å². The van der Waals surface area contributed by atoms with E-state index in [0.29, 0.717) is 0 Å². The van der Waals surface area contributed by atoms with Crippen LogP contribution >= 0.6 is 15.9 Å². The van der Waals surface area contributed by atoms with Crippen molar-refractivity contribution in [1.29, 1.82) is 0 Å². The minimum absolute atomic E-state index is 0.434. The van der Waals surface area contributed by atoms with Crippen LogP contribution in [0.15, 0.2) is 27.7 Å². The summed E-state index contributed by atoms with van der Waals surface area (Å²) in [5.74, 6) is 0.786. The molecular formula is C13H14BrNO2. The molecule has 0 aliphatic heterocycles. The van der Waals surface area contributed by atoms with Crippen LogP contribution in [0.2, 0.25) is 0 Å². The highest BCUT2D eigenvalue weighted by atomic mass is 79.9. The van der Waals surface area contributed by atoms with E-state index >= 15 is 0 Å². The second-order valence-electron chi connectivity index (χ2n) is 4.29. The summed E-state index contributed by atoms with van der Waals surface area (Å²) in [6.07, 6.45) is 5.66. The molecule has 0 spiro atoms. The standard InChI is InChI=1S/C13H14BrNO2/c1-17-12-5-4-10(14)8-11(12)13(15-9-16)6-2-3-7-13/h4-5,8H,2-3,6-7H2,1H3. The number of carbonyl (C=O) groups excluding carboxylic acids is 1. The maximum absolute atomic E-state index is 10.7. The van der Waals surface area contributed by atoms with Crippen LogP contribution < -0.4 is 4.74 Å². The van der Waals surface area contributed by atoms with Gasteiger partial charge in [0.15, 0.2) is 0 Å². The predicted molar refractivity (Wildman–Crippen MR) is 69.0 cm³/mol. The fourth-order valence-electron chi connectivity index (χ4n) is 2.53. The van der Waals surface area contributed by atoms with Crippen LogP contribution in [0.1, 0.15) is 31.2 Å². The third-order valence-corrected chi connectivity index (χ3v) is 3.85. The van der Waals surface area contributed by atoms with Gasteiger partial charge in [0.2, 0.25) is 6.08 Å². The quantitative estimate of drug-likeness (QED) is 0.632. The summed E-state index contributed by atoms with van der Waals surface area (Å²) in [6.45, 7) is 0. The third-order valence-electron chi connectivity index (χ3n) is 3.35. The van der Waals surface area contributed by atoms with Crippen molar-refractivity contribution in [3.63, 3.8) is 0 Å². The van der Waals surface area contributed by atoms with E-state index < -0.39 is 5.54 Å². The molecule has 90 valence electrons. The van der Waals surface area contributed by atoms with Crippen LogP contribution in [0.5, 0.6) is 5.75 Å². The molecule has 0 bridgehead atoms. The van der Waals surface area contributed by atoms with Crippen molar-refractivity contribution >= 4 is 22.0 Å². The molecule has 0 heterocycles. The first-order valence-electron chi connectivity index (χ1n) is 5.65. The molecule has 0 N–H and O–H groups in total. The number of aliphatic imine (C=N–C) groups is 1. The fraction of sp³-hybridized carbons (Fsp3) is 0.462. The smallest absolute Gasteiger partial charge is 0.235 e. The number of nitrogens with zero attached hydrogens (tertiary/aromatic N) is 1. The summed E-state index contributed by atoms with van der Waals surface area (Å²) in [4.78, 5) is 14.7. The molecule has 1 aromatic carbocycles. The van der Waals surface area contributed by atoms with Gasteiger partial charge in [0, 0.05) is 10.0 Å². The van der Waals surface area contributed by atoms with Crippen LogP contribution in [0, 0.1) is 0 Å². The van der Waals surface area contributed by atoms with Gasteiger partial charge < -0.3 is 4.74 Å². The van der Waals surface area contributed by atoms with Gasteiger partial charge in [-0.3, -0.25) is 0 Å². The normalized spacial score (nSPS) is 17.5. The molecule has 1 saturated carbocycles. The highest BCUT2D eigenvalue weighted by Gasteiger charge is 2.38. The zero-order valence-electron chi connectivity index (χ0n) is 9.70. The van der Waals surface area contributed by atoms with E-state index in [1.54, 1.807) is 13.2 Å². The molecule has 1 aliphatic carbocycles. The van der Waals surface area contributed by atoms with E-state index in [1.807, 2.05) is 18.2 Å². The minimum atomic E-state index is -0.434. The highest BCUT2D eigenvalue weighted by Crippen LogP contribution is 2.46. The Morgan fingerprint density at radius 3 is 2.71 bits per heavy atom. The van der Waals surface area contributed by atoms with Crippen LogP contribution in [0.25, 0.3) is 0 Å². The first-order valence-corrected chi connectivity index (χ1v) is 6.44. The number of ether oxygens (including phenoxy) is 1. The molecule has 0 radical (unpaired) electrons. The van der Waals surface area contributed by atoms with Gasteiger partial charge in [-0.05, 0) is 31.0 Å². The van der Waals surface area contributed by atoms with Crippen molar-refractivity contribution < 1.29 is 9.53 Å². The summed E-state index contributed by atoms with van der Waals surface area (Å²) in [5.41, 5.74) is 0.548. The maximum atomic E-state index is 10.7. The van der Waals surface area contributed by atoms with Crippen molar-refractivity contribution in [2.24, 2.45) is 4.99 Å². The Labute approximate surface area is 109 Å². The molecule has 17 heavy (non-hydrogen) atoms. The van der Waals surface area contributed by atoms with E-state index in [4.69, 9.17) is 4.74 Å². The first-order chi connectivity index (χ1) is 8.22. The molecule has 0 unspecified atom stereocenters. The van der Waals surface area contributed by atoms with Crippen LogP contribution in [-0.2, 0) is 10.3 Å². The minimum Gasteiger partial charge on any atom is -0.496 e. The lowest BCUT2D eigenvalue weighted by Crippen LogP contribution is -2.20. The van der Waals surface area contributed by atoms with Gasteiger partial charge in [-0.25, -0.2) is 4.79 Å². The summed E-state index contributed by atoms with van der Waals surface area (Å²) in [5, 5.41) is 0. The van der Waals surface area contributed by atoms with Gasteiger partial charge in [0.05, 0.1) is 7.11 Å². The van der Waals surface area contributed by atoms with Crippen molar-refractivity contribution in [2.45, 2.75) is 31.2 Å². The number of hydrogen-bond donors (Lipinski definition) is 0. The number of methoxy groups -OCH3 is 1. The maximum Gasteiger partial charge on any atom is 0.235 e. The number of rotatable bonds is 3. The molecule has 2 rings (SSSR count). The van der Waals surface area contributed by atoms with Gasteiger partial charge in [0.1, 0.15) is 11.3 Å². The molecule has 0 atom stereocenters. The Morgan fingerprint density at radius 2 is 2.12 bits per heavy atom. The average molecular weight is 296 g/mol. The molecule has 0 amide bonds. The second-order valence-corrected chi connectivity index (χ2v) is 5.20. The molecule has 4 heteroatoms. The number of benzene rings is 1. The molecule has 0 saturated heterocycles. The molecule has 1 fully saturated rings. The Hall–Kier alpha value is -1.12. The number of halogens is 1. The molecular weight excluding hydrogens is 282 g/mol. The SMILES string of the molecule is COc1ccc(Br)cc1C1(N=C=O)CCCC1. The van der Waals surface area contributed by atoms with Gasteiger partial charge >= 0.3 is 0 Å². The molecule has 0 aromatic heterocycles. The zero-order valence-corrected chi connectivity index (χ0v) is 11.3. The largest absolute Gasteiger partial charge is 0.496 e. The lowest BCUT2D eigenvalue weighted by molar-refractivity contribution is 0.379. The third kappa shape index (κ3) is 2.28. The molecule has 1 aromatic rings.